The monoisotopic (exact) mass is 274 g/mol. The lowest BCUT2D eigenvalue weighted by molar-refractivity contribution is 0.284. The summed E-state index contributed by atoms with van der Waals surface area (Å²) in [6.07, 6.45) is 17.1. The standard InChI is InChI=1S/C20H34/c1-15(2)19-14-20(16(3)4)18-13-11-9-7-5-6-8-10-12-17(18)19/h8,10,12,15-16,18-20H,5-7,9,11,13-14H2,1-4H3/b10-8+,17-12?. The van der Waals surface area contributed by atoms with Gasteiger partial charge in [0.1, 0.15) is 0 Å². The molecular weight excluding hydrogens is 240 g/mol. The maximum absolute atomic E-state index is 2.50. The first-order valence-corrected chi connectivity index (χ1v) is 8.98. The number of hydrogen-bond donors (Lipinski definition) is 0. The van der Waals surface area contributed by atoms with Crippen molar-refractivity contribution in [3.63, 3.8) is 0 Å². The molecule has 2 aliphatic rings. The zero-order chi connectivity index (χ0) is 14.5. The second-order valence-electron chi connectivity index (χ2n) is 7.69. The van der Waals surface area contributed by atoms with Crippen LogP contribution in [0, 0.1) is 29.6 Å². The predicted octanol–water partition coefficient (Wildman–Crippen LogP) is 6.39. The van der Waals surface area contributed by atoms with Gasteiger partial charge in [-0.15, -0.1) is 0 Å². The average Bonchev–Trinajstić information content (AvgIpc) is 2.73. The first-order valence-electron chi connectivity index (χ1n) is 8.98. The van der Waals surface area contributed by atoms with Crippen LogP contribution in [0.15, 0.2) is 23.8 Å². The molecule has 0 saturated heterocycles. The van der Waals surface area contributed by atoms with Crippen LogP contribution in [0.2, 0.25) is 0 Å². The fourth-order valence-electron chi connectivity index (χ4n) is 4.39. The fourth-order valence-corrected chi connectivity index (χ4v) is 4.39. The van der Waals surface area contributed by atoms with Gasteiger partial charge in [-0.25, -0.2) is 0 Å². The zero-order valence-electron chi connectivity index (χ0n) is 14.1. The van der Waals surface area contributed by atoms with Crippen molar-refractivity contribution in [1.82, 2.24) is 0 Å². The van der Waals surface area contributed by atoms with Crippen LogP contribution in [-0.2, 0) is 0 Å². The summed E-state index contributed by atoms with van der Waals surface area (Å²) in [5, 5.41) is 0. The minimum atomic E-state index is 0.797. The van der Waals surface area contributed by atoms with Gasteiger partial charge in [-0.2, -0.15) is 0 Å². The van der Waals surface area contributed by atoms with E-state index in [1.54, 1.807) is 5.57 Å². The van der Waals surface area contributed by atoms with Crippen LogP contribution in [0.25, 0.3) is 0 Å². The Balaban J connectivity index is 2.24. The zero-order valence-corrected chi connectivity index (χ0v) is 14.1. The molecule has 0 heterocycles. The molecule has 0 aromatic rings. The minimum absolute atomic E-state index is 0.797. The summed E-state index contributed by atoms with van der Waals surface area (Å²) >= 11 is 0. The molecule has 2 rings (SSSR count). The lowest BCUT2D eigenvalue weighted by Gasteiger charge is -2.24. The van der Waals surface area contributed by atoms with Gasteiger partial charge in [0.25, 0.3) is 0 Å². The third kappa shape index (κ3) is 3.77. The highest BCUT2D eigenvalue weighted by molar-refractivity contribution is 5.24. The molecule has 1 fully saturated rings. The molecule has 0 aliphatic heterocycles. The summed E-state index contributed by atoms with van der Waals surface area (Å²) in [5.41, 5.74) is 1.79. The van der Waals surface area contributed by atoms with Crippen LogP contribution in [0.1, 0.15) is 72.6 Å². The van der Waals surface area contributed by atoms with Gasteiger partial charge in [-0.05, 0) is 55.3 Å². The van der Waals surface area contributed by atoms with Gasteiger partial charge in [-0.1, -0.05) is 70.8 Å². The Morgan fingerprint density at radius 2 is 1.70 bits per heavy atom. The summed E-state index contributed by atoms with van der Waals surface area (Å²) in [7, 11) is 0. The summed E-state index contributed by atoms with van der Waals surface area (Å²) < 4.78 is 0. The van der Waals surface area contributed by atoms with E-state index in [0.717, 1.165) is 29.6 Å². The molecule has 0 amide bonds. The van der Waals surface area contributed by atoms with Crippen LogP contribution < -0.4 is 0 Å². The summed E-state index contributed by atoms with van der Waals surface area (Å²) in [5.74, 6) is 4.25. The van der Waals surface area contributed by atoms with Crippen molar-refractivity contribution in [3.05, 3.63) is 23.8 Å². The van der Waals surface area contributed by atoms with Crippen molar-refractivity contribution in [2.75, 3.05) is 0 Å². The van der Waals surface area contributed by atoms with Crippen LogP contribution >= 0.6 is 0 Å². The Kier molecular flexibility index (Phi) is 5.93. The SMILES string of the molecule is CC(C)C1CC(C(C)C)C2CCCCCC/C=C/C=C12. The quantitative estimate of drug-likeness (QED) is 0.547. The molecule has 0 nitrogen and oxygen atoms in total. The van der Waals surface area contributed by atoms with E-state index in [9.17, 15) is 0 Å². The molecule has 3 atom stereocenters. The Hall–Kier alpha value is -0.520. The average molecular weight is 274 g/mol. The Labute approximate surface area is 126 Å². The van der Waals surface area contributed by atoms with Crippen LogP contribution in [0.3, 0.4) is 0 Å². The maximum Gasteiger partial charge on any atom is -0.0166 e. The van der Waals surface area contributed by atoms with Gasteiger partial charge in [-0.3, -0.25) is 0 Å². The van der Waals surface area contributed by atoms with Crippen molar-refractivity contribution < 1.29 is 0 Å². The van der Waals surface area contributed by atoms with Crippen molar-refractivity contribution >= 4 is 0 Å². The van der Waals surface area contributed by atoms with Crippen LogP contribution in [0.5, 0.6) is 0 Å². The van der Waals surface area contributed by atoms with Gasteiger partial charge < -0.3 is 0 Å². The molecule has 0 aromatic carbocycles. The third-order valence-corrected chi connectivity index (χ3v) is 5.62. The summed E-state index contributed by atoms with van der Waals surface area (Å²) in [4.78, 5) is 0. The molecular formula is C20H34. The van der Waals surface area contributed by atoms with Gasteiger partial charge in [0.2, 0.25) is 0 Å². The Bertz CT molecular complexity index is 345. The van der Waals surface area contributed by atoms with Crippen LogP contribution in [-0.4, -0.2) is 0 Å². The van der Waals surface area contributed by atoms with E-state index in [0.29, 0.717) is 0 Å². The van der Waals surface area contributed by atoms with E-state index in [1.807, 2.05) is 0 Å². The summed E-state index contributed by atoms with van der Waals surface area (Å²) in [6, 6.07) is 0. The highest BCUT2D eigenvalue weighted by atomic mass is 14.4. The molecule has 0 radical (unpaired) electrons. The predicted molar refractivity (Wildman–Crippen MR) is 89.7 cm³/mol. The molecule has 1 saturated carbocycles. The highest BCUT2D eigenvalue weighted by Gasteiger charge is 2.40. The van der Waals surface area contributed by atoms with Crippen molar-refractivity contribution in [1.29, 1.82) is 0 Å². The van der Waals surface area contributed by atoms with E-state index < -0.39 is 0 Å². The molecule has 3 unspecified atom stereocenters. The van der Waals surface area contributed by atoms with Crippen LogP contribution in [0.4, 0.5) is 0 Å². The topological polar surface area (TPSA) is 0 Å². The van der Waals surface area contributed by atoms with E-state index in [-0.39, 0.29) is 0 Å². The number of rotatable bonds is 2. The molecule has 0 N–H and O–H groups in total. The van der Waals surface area contributed by atoms with E-state index in [2.05, 4.69) is 45.9 Å². The first kappa shape index (κ1) is 15.9. The fraction of sp³-hybridized carbons (Fsp3) is 0.800. The van der Waals surface area contributed by atoms with E-state index in [4.69, 9.17) is 0 Å². The van der Waals surface area contributed by atoms with E-state index in [1.165, 1.54) is 44.9 Å². The molecule has 20 heavy (non-hydrogen) atoms. The second-order valence-corrected chi connectivity index (χ2v) is 7.69. The van der Waals surface area contributed by atoms with Gasteiger partial charge in [0.15, 0.2) is 0 Å². The molecule has 2 aliphatic carbocycles. The number of allylic oxidation sites excluding steroid dienone is 4. The van der Waals surface area contributed by atoms with E-state index >= 15 is 0 Å². The second kappa shape index (κ2) is 7.48. The maximum atomic E-state index is 2.50. The number of fused-ring (bicyclic) bond motifs is 1. The Morgan fingerprint density at radius 1 is 0.950 bits per heavy atom. The molecule has 0 spiro atoms. The minimum Gasteiger partial charge on any atom is -0.0845 e. The highest BCUT2D eigenvalue weighted by Crippen LogP contribution is 2.49. The third-order valence-electron chi connectivity index (χ3n) is 5.62. The smallest absolute Gasteiger partial charge is 0.0166 e. The molecule has 0 bridgehead atoms. The van der Waals surface area contributed by atoms with Crippen molar-refractivity contribution in [2.24, 2.45) is 29.6 Å². The van der Waals surface area contributed by atoms with Gasteiger partial charge >= 0.3 is 0 Å². The molecule has 114 valence electrons. The largest absolute Gasteiger partial charge is 0.0845 e. The van der Waals surface area contributed by atoms with Crippen molar-refractivity contribution in [2.45, 2.75) is 72.6 Å². The normalized spacial score (nSPS) is 33.7. The van der Waals surface area contributed by atoms with Gasteiger partial charge in [0.05, 0.1) is 0 Å². The van der Waals surface area contributed by atoms with Crippen molar-refractivity contribution in [3.8, 4) is 0 Å². The lowest BCUT2D eigenvalue weighted by atomic mass is 9.81. The molecule has 0 aromatic heterocycles. The first-order chi connectivity index (χ1) is 9.61. The van der Waals surface area contributed by atoms with Gasteiger partial charge in [0, 0.05) is 0 Å². The molecule has 0 heteroatoms. The Morgan fingerprint density at radius 3 is 2.40 bits per heavy atom. The number of hydrogen-bond acceptors (Lipinski definition) is 0. The lowest BCUT2D eigenvalue weighted by Crippen LogP contribution is -2.15. The summed E-state index contributed by atoms with van der Waals surface area (Å²) in [6.45, 7) is 9.71.